The number of carbonyl (C=O) groups excluding carboxylic acids is 1. The molecule has 1 saturated heterocycles. The molecule has 1 fully saturated rings. The first-order chi connectivity index (χ1) is 11.8. The van der Waals surface area contributed by atoms with Gasteiger partial charge in [0.05, 0.1) is 0 Å². The molecule has 0 aromatic heterocycles. The second-order valence-electron chi connectivity index (χ2n) is 9.43. The molecular formula is C20H32FNO3Sn. The summed E-state index contributed by atoms with van der Waals surface area (Å²) in [6, 6.07) is 7.59. The molecule has 1 aromatic carbocycles. The Morgan fingerprint density at radius 1 is 1.23 bits per heavy atom. The van der Waals surface area contributed by atoms with Crippen molar-refractivity contribution >= 4 is 28.0 Å². The third-order valence-corrected chi connectivity index (χ3v) is 10.4. The van der Waals surface area contributed by atoms with Gasteiger partial charge in [-0.05, 0) is 0 Å². The van der Waals surface area contributed by atoms with Gasteiger partial charge in [0.15, 0.2) is 0 Å². The number of alkyl halides is 1. The summed E-state index contributed by atoms with van der Waals surface area (Å²) >= 11 is -2.15. The number of carbonyl (C=O) groups is 1. The number of hydrogen-bond acceptors (Lipinski definition) is 3. The molecule has 2 atom stereocenters. The average Bonchev–Trinajstić information content (AvgIpc) is 2.75. The van der Waals surface area contributed by atoms with Gasteiger partial charge in [0.25, 0.3) is 0 Å². The van der Waals surface area contributed by atoms with Crippen molar-refractivity contribution in [1.82, 2.24) is 4.90 Å². The minimum absolute atomic E-state index is 0.508. The molecule has 0 bridgehead atoms. The van der Waals surface area contributed by atoms with Crippen molar-refractivity contribution in [3.05, 3.63) is 29.8 Å². The van der Waals surface area contributed by atoms with Crippen LogP contribution in [0.2, 0.25) is 14.8 Å². The fourth-order valence-electron chi connectivity index (χ4n) is 3.26. The van der Waals surface area contributed by atoms with Crippen molar-refractivity contribution in [2.24, 2.45) is 0 Å². The summed E-state index contributed by atoms with van der Waals surface area (Å²) in [5.41, 5.74) is -0.690. The Morgan fingerprint density at radius 2 is 1.77 bits per heavy atom. The standard InChI is InChI=1S/C17H23FNO3.3CH3.Sn/c1-16(2,3)22-15(20)19-13(11-18)14(21-17(19,4)5)12-9-7-6-8-10-12;;;;/h7-10,13-14H,11H2,1-5H3;3*1H3;/t13-,14-;;;;/m1..../s1. The molecule has 146 valence electrons. The van der Waals surface area contributed by atoms with Gasteiger partial charge in [-0.3, -0.25) is 0 Å². The van der Waals surface area contributed by atoms with Gasteiger partial charge in [0.1, 0.15) is 0 Å². The van der Waals surface area contributed by atoms with E-state index < -0.39 is 54.6 Å². The van der Waals surface area contributed by atoms with Gasteiger partial charge < -0.3 is 0 Å². The summed E-state index contributed by atoms with van der Waals surface area (Å²) in [6.07, 6.45) is -1.05. The molecule has 6 heteroatoms. The van der Waals surface area contributed by atoms with Gasteiger partial charge in [-0.2, -0.15) is 0 Å². The van der Waals surface area contributed by atoms with Gasteiger partial charge in [0.2, 0.25) is 0 Å². The first-order valence-corrected chi connectivity index (χ1v) is 19.1. The summed E-state index contributed by atoms with van der Waals surface area (Å²) in [7, 11) is 0. The van der Waals surface area contributed by atoms with Crippen LogP contribution < -0.4 is 3.58 Å². The van der Waals surface area contributed by atoms with E-state index in [1.54, 1.807) is 34.6 Å². The van der Waals surface area contributed by atoms with Gasteiger partial charge in [-0.25, -0.2) is 0 Å². The second-order valence-corrected chi connectivity index (χ2v) is 23.9. The van der Waals surface area contributed by atoms with Crippen LogP contribution in [0.3, 0.4) is 0 Å². The van der Waals surface area contributed by atoms with Crippen molar-refractivity contribution in [2.45, 2.75) is 72.9 Å². The van der Waals surface area contributed by atoms with E-state index in [0.29, 0.717) is 0 Å². The van der Waals surface area contributed by atoms with Crippen LogP contribution in [0.15, 0.2) is 24.3 Å². The van der Waals surface area contributed by atoms with E-state index in [9.17, 15) is 9.18 Å². The topological polar surface area (TPSA) is 38.8 Å². The number of benzene rings is 1. The van der Waals surface area contributed by atoms with Crippen LogP contribution in [-0.4, -0.2) is 53.4 Å². The van der Waals surface area contributed by atoms with Crippen molar-refractivity contribution < 1.29 is 18.7 Å². The Hall–Kier alpha value is -0.821. The van der Waals surface area contributed by atoms with Crippen LogP contribution in [0.25, 0.3) is 0 Å². The first-order valence-electron chi connectivity index (χ1n) is 9.13. The summed E-state index contributed by atoms with van der Waals surface area (Å²) in [6.45, 7) is 8.27. The molecule has 0 N–H and O–H groups in total. The molecule has 26 heavy (non-hydrogen) atoms. The van der Waals surface area contributed by atoms with Crippen molar-refractivity contribution in [3.63, 3.8) is 0 Å². The Labute approximate surface area is 160 Å². The summed E-state index contributed by atoms with van der Waals surface area (Å²) in [4.78, 5) is 21.1. The Morgan fingerprint density at radius 3 is 2.19 bits per heavy atom. The van der Waals surface area contributed by atoms with Crippen LogP contribution in [0, 0.1) is 0 Å². The maximum absolute atomic E-state index is 14.0. The molecule has 0 spiro atoms. The molecule has 2 rings (SSSR count). The average molecular weight is 472 g/mol. The van der Waals surface area contributed by atoms with Gasteiger partial charge in [0, 0.05) is 0 Å². The first kappa shape index (κ1) is 21.5. The SMILES string of the molecule is CC(C)(C)OC(=O)N1[C@H](CF)[C@@H](c2cc[c]([Sn]([CH3])([CH3])[CH3])cc2)OC1(C)C. The van der Waals surface area contributed by atoms with E-state index >= 15 is 0 Å². The van der Waals surface area contributed by atoms with Crippen LogP contribution in [-0.2, 0) is 9.47 Å². The molecule has 0 aliphatic carbocycles. The summed E-state index contributed by atoms with van der Waals surface area (Å²) < 4.78 is 27.0. The number of hydrogen-bond donors (Lipinski definition) is 0. The zero-order valence-electron chi connectivity index (χ0n) is 17.2. The van der Waals surface area contributed by atoms with Crippen LogP contribution in [0.5, 0.6) is 0 Å². The number of nitrogens with zero attached hydrogens (tertiary/aromatic N) is 1. The fraction of sp³-hybridized carbons (Fsp3) is 0.650. The zero-order valence-corrected chi connectivity index (χ0v) is 20.1. The normalized spacial score (nSPS) is 23.2. The van der Waals surface area contributed by atoms with Crippen molar-refractivity contribution in [1.29, 1.82) is 0 Å². The number of amides is 1. The van der Waals surface area contributed by atoms with E-state index in [1.165, 1.54) is 8.48 Å². The molecule has 0 unspecified atom stereocenters. The van der Waals surface area contributed by atoms with E-state index in [-0.39, 0.29) is 0 Å². The van der Waals surface area contributed by atoms with E-state index in [1.807, 2.05) is 12.1 Å². The van der Waals surface area contributed by atoms with E-state index in [2.05, 4.69) is 27.0 Å². The van der Waals surface area contributed by atoms with Gasteiger partial charge in [-0.15, -0.1) is 0 Å². The summed E-state index contributed by atoms with van der Waals surface area (Å²) in [5, 5.41) is 0. The third kappa shape index (κ3) is 4.71. The van der Waals surface area contributed by atoms with Crippen LogP contribution in [0.1, 0.15) is 46.3 Å². The molecule has 1 aliphatic rings. The minimum atomic E-state index is -2.15. The summed E-state index contributed by atoms with van der Waals surface area (Å²) in [5.74, 6) is 0. The molecule has 0 radical (unpaired) electrons. The van der Waals surface area contributed by atoms with Crippen LogP contribution in [0.4, 0.5) is 9.18 Å². The molecule has 4 nitrogen and oxygen atoms in total. The molecule has 1 amide bonds. The monoisotopic (exact) mass is 473 g/mol. The Kier molecular flexibility index (Phi) is 6.03. The fourth-order valence-corrected chi connectivity index (χ4v) is 6.59. The number of rotatable bonds is 3. The molecule has 1 aliphatic heterocycles. The van der Waals surface area contributed by atoms with Gasteiger partial charge >= 0.3 is 161 Å². The second kappa shape index (κ2) is 7.30. The van der Waals surface area contributed by atoms with E-state index in [0.717, 1.165) is 5.56 Å². The zero-order chi connectivity index (χ0) is 19.9. The van der Waals surface area contributed by atoms with Gasteiger partial charge in [-0.1, -0.05) is 0 Å². The molecule has 1 heterocycles. The Balaban J connectivity index is 2.32. The quantitative estimate of drug-likeness (QED) is 0.604. The number of ether oxygens (including phenoxy) is 2. The van der Waals surface area contributed by atoms with E-state index in [4.69, 9.17) is 9.47 Å². The van der Waals surface area contributed by atoms with Crippen molar-refractivity contribution in [3.8, 4) is 0 Å². The third-order valence-electron chi connectivity index (χ3n) is 4.53. The number of halogens is 1. The van der Waals surface area contributed by atoms with Crippen LogP contribution >= 0.6 is 0 Å². The maximum atomic E-state index is 14.0. The predicted molar refractivity (Wildman–Crippen MR) is 105 cm³/mol. The molecular weight excluding hydrogens is 440 g/mol. The predicted octanol–water partition coefficient (Wildman–Crippen LogP) is 4.61. The molecule has 0 saturated carbocycles. The Bertz CT molecular complexity index is 647. The van der Waals surface area contributed by atoms with Crippen molar-refractivity contribution in [2.75, 3.05) is 6.67 Å². The molecule has 1 aromatic rings.